The highest BCUT2D eigenvalue weighted by Crippen LogP contribution is 2.64. The molecule has 2 unspecified atom stereocenters. The molecule has 2 nitrogen and oxygen atoms in total. The Labute approximate surface area is 369 Å². The lowest BCUT2D eigenvalue weighted by Gasteiger charge is -2.30. The zero-order valence-electron chi connectivity index (χ0n) is 34.6. The first-order valence-corrected chi connectivity index (χ1v) is 22.1. The second kappa shape index (κ2) is 14.1. The Morgan fingerprint density at radius 1 is 0.365 bits per heavy atom. The van der Waals surface area contributed by atoms with E-state index in [-0.39, 0.29) is 5.41 Å². The Morgan fingerprint density at radius 3 is 1.54 bits per heavy atom. The van der Waals surface area contributed by atoms with Crippen molar-refractivity contribution < 1.29 is 0 Å². The number of hydrogen-bond donors (Lipinski definition) is 0. The molecule has 0 radical (unpaired) electrons. The van der Waals surface area contributed by atoms with Crippen molar-refractivity contribution in [2.24, 2.45) is 0 Å². The van der Waals surface area contributed by atoms with Crippen LogP contribution in [0.15, 0.2) is 243 Å². The van der Waals surface area contributed by atoms with Gasteiger partial charge in [-0.05, 0) is 127 Å². The summed E-state index contributed by atoms with van der Waals surface area (Å²) in [6.07, 6.45) is 9.03. The van der Waals surface area contributed by atoms with Crippen molar-refractivity contribution in [1.82, 2.24) is 0 Å². The smallest absolute Gasteiger partial charge is 0.0725 e. The number of allylic oxidation sites excluding steroid dienone is 2. The lowest BCUT2D eigenvalue weighted by Crippen LogP contribution is -2.28. The van der Waals surface area contributed by atoms with Crippen molar-refractivity contribution in [3.05, 3.63) is 271 Å². The molecule has 1 spiro atoms. The highest BCUT2D eigenvalue weighted by Gasteiger charge is 2.52. The van der Waals surface area contributed by atoms with Gasteiger partial charge >= 0.3 is 0 Å². The van der Waals surface area contributed by atoms with Crippen LogP contribution in [0.25, 0.3) is 44.5 Å². The van der Waals surface area contributed by atoms with E-state index in [0.29, 0.717) is 12.0 Å². The molecule has 0 saturated carbocycles. The van der Waals surface area contributed by atoms with Gasteiger partial charge in [-0.3, -0.25) is 0 Å². The van der Waals surface area contributed by atoms with Gasteiger partial charge < -0.3 is 9.80 Å². The first-order valence-electron chi connectivity index (χ1n) is 22.1. The molecule has 4 aliphatic rings. The number of rotatable bonds is 6. The molecular weight excluding hydrogens is 761 g/mol. The molecule has 3 aliphatic carbocycles. The first kappa shape index (κ1) is 35.8. The number of hydrogen-bond acceptors (Lipinski definition) is 2. The average Bonchev–Trinajstić information content (AvgIpc) is 3.97. The lowest BCUT2D eigenvalue weighted by atomic mass is 9.70. The summed E-state index contributed by atoms with van der Waals surface area (Å²) >= 11 is 0. The zero-order valence-corrected chi connectivity index (χ0v) is 34.6. The Balaban J connectivity index is 0.847. The molecule has 2 atom stereocenters. The van der Waals surface area contributed by atoms with Gasteiger partial charge in [0.1, 0.15) is 0 Å². The summed E-state index contributed by atoms with van der Waals surface area (Å²) in [4.78, 5) is 4.85. The summed E-state index contributed by atoms with van der Waals surface area (Å²) in [5, 5.41) is 0. The van der Waals surface area contributed by atoms with E-state index in [1.54, 1.807) is 0 Å². The summed E-state index contributed by atoms with van der Waals surface area (Å²) in [5.74, 6) is 0.375. The topological polar surface area (TPSA) is 6.48 Å². The number of benzene rings is 9. The summed E-state index contributed by atoms with van der Waals surface area (Å²) in [6.45, 7) is 0. The highest BCUT2D eigenvalue weighted by molar-refractivity contribution is 6.00. The van der Waals surface area contributed by atoms with Crippen LogP contribution in [0.5, 0.6) is 0 Å². The van der Waals surface area contributed by atoms with Gasteiger partial charge in [0, 0.05) is 34.4 Å². The van der Waals surface area contributed by atoms with E-state index < -0.39 is 0 Å². The molecule has 63 heavy (non-hydrogen) atoms. The molecule has 1 heterocycles. The van der Waals surface area contributed by atoms with Crippen LogP contribution in [0.1, 0.15) is 33.7 Å². The summed E-state index contributed by atoms with van der Waals surface area (Å²) in [5.41, 5.74) is 22.5. The monoisotopic (exact) mass is 802 g/mol. The summed E-state index contributed by atoms with van der Waals surface area (Å²) in [6, 6.07) is 81.2. The molecule has 0 saturated heterocycles. The minimum Gasteiger partial charge on any atom is -0.333 e. The Morgan fingerprint density at radius 2 is 0.857 bits per heavy atom. The maximum absolute atomic E-state index is 2.49. The molecule has 13 rings (SSSR count). The zero-order chi connectivity index (χ0) is 41.5. The van der Waals surface area contributed by atoms with E-state index in [4.69, 9.17) is 0 Å². The summed E-state index contributed by atoms with van der Waals surface area (Å²) < 4.78 is 0. The molecule has 0 amide bonds. The van der Waals surface area contributed by atoms with Crippen molar-refractivity contribution in [2.75, 3.05) is 9.80 Å². The molecule has 0 aromatic heterocycles. The Bertz CT molecular complexity index is 3240. The third kappa shape index (κ3) is 5.25. The Kier molecular flexibility index (Phi) is 7.98. The van der Waals surface area contributed by atoms with Gasteiger partial charge in [0.05, 0.1) is 11.5 Å². The Hall–Kier alpha value is -7.94. The third-order valence-electron chi connectivity index (χ3n) is 14.0. The van der Waals surface area contributed by atoms with E-state index in [2.05, 4.69) is 252 Å². The second-order valence-electron chi connectivity index (χ2n) is 17.1. The van der Waals surface area contributed by atoms with Crippen molar-refractivity contribution in [3.63, 3.8) is 0 Å². The minimum absolute atomic E-state index is 0.293. The fraction of sp³-hybridized carbons (Fsp3) is 0.0492. The fourth-order valence-corrected chi connectivity index (χ4v) is 11.4. The van der Waals surface area contributed by atoms with Crippen molar-refractivity contribution in [1.29, 1.82) is 0 Å². The molecule has 296 valence electrons. The second-order valence-corrected chi connectivity index (χ2v) is 17.1. The van der Waals surface area contributed by atoms with Gasteiger partial charge in [-0.1, -0.05) is 188 Å². The maximum atomic E-state index is 2.49. The van der Waals surface area contributed by atoms with Crippen molar-refractivity contribution in [2.45, 2.75) is 17.4 Å². The van der Waals surface area contributed by atoms with Crippen LogP contribution < -0.4 is 9.80 Å². The number of fused-ring (bicyclic) bond motifs is 13. The van der Waals surface area contributed by atoms with Crippen LogP contribution in [0.3, 0.4) is 0 Å². The molecule has 9 aromatic rings. The molecule has 9 aromatic carbocycles. The van der Waals surface area contributed by atoms with Crippen LogP contribution >= 0.6 is 0 Å². The maximum Gasteiger partial charge on any atom is 0.0725 e. The number of para-hydroxylation sites is 2. The van der Waals surface area contributed by atoms with Crippen LogP contribution in [0.4, 0.5) is 28.4 Å². The van der Waals surface area contributed by atoms with E-state index >= 15 is 0 Å². The average molecular weight is 803 g/mol. The molecule has 0 N–H and O–H groups in total. The van der Waals surface area contributed by atoms with Crippen LogP contribution in [-0.4, -0.2) is 6.04 Å². The van der Waals surface area contributed by atoms with E-state index in [1.165, 1.54) is 83.7 Å². The summed E-state index contributed by atoms with van der Waals surface area (Å²) in [7, 11) is 0. The van der Waals surface area contributed by atoms with Crippen LogP contribution in [0, 0.1) is 0 Å². The number of anilines is 5. The van der Waals surface area contributed by atoms with E-state index in [1.807, 2.05) is 0 Å². The molecular formula is C61H42N2. The lowest BCUT2D eigenvalue weighted by molar-refractivity contribution is 0.745. The van der Waals surface area contributed by atoms with Gasteiger partial charge in [0.25, 0.3) is 0 Å². The normalized spacial score (nSPS) is 16.5. The molecule has 0 bridgehead atoms. The minimum atomic E-state index is -0.360. The van der Waals surface area contributed by atoms with Crippen LogP contribution in [-0.2, 0) is 5.41 Å². The predicted molar refractivity (Wildman–Crippen MR) is 262 cm³/mol. The SMILES string of the molecule is C1=CC2c3ccccc3N(c3ccc(-c4ccc(N(c5ccccc5)c5ccc(-c6cccc7c6-c6ccccc6C76c7ccccc7-c7ccccc76)cc5)cc4)cc3)C2C=C1. The number of nitrogens with zero attached hydrogens (tertiary/aromatic N) is 2. The third-order valence-corrected chi connectivity index (χ3v) is 14.0. The van der Waals surface area contributed by atoms with Gasteiger partial charge in [0.15, 0.2) is 0 Å². The predicted octanol–water partition coefficient (Wildman–Crippen LogP) is 15.6. The van der Waals surface area contributed by atoms with Crippen molar-refractivity contribution >= 4 is 28.4 Å². The standard InChI is InChI=1S/C61H42N2/c1-2-15-44(16-3-1)62(45-35-29-41(30-36-45)42-31-37-47(38-32-42)63-58-27-12-7-19-51(58)52-20-8-13-28-59(52)63)46-39-33-43(34-40-46)48-22-14-26-57-60(48)53-21-6-11-25-56(53)61(57)54-23-9-4-17-49(54)50-18-5-10-24-55(50)61/h1-40,51,58H. The largest absolute Gasteiger partial charge is 0.333 e. The van der Waals surface area contributed by atoms with Gasteiger partial charge in [-0.25, -0.2) is 0 Å². The van der Waals surface area contributed by atoms with Crippen molar-refractivity contribution in [3.8, 4) is 44.5 Å². The van der Waals surface area contributed by atoms with Crippen LogP contribution in [0.2, 0.25) is 0 Å². The quantitative estimate of drug-likeness (QED) is 0.165. The molecule has 1 aliphatic heterocycles. The van der Waals surface area contributed by atoms with E-state index in [9.17, 15) is 0 Å². The molecule has 0 fully saturated rings. The molecule has 2 heteroatoms. The van der Waals surface area contributed by atoms with E-state index in [0.717, 1.165) is 17.1 Å². The fourth-order valence-electron chi connectivity index (χ4n) is 11.4. The first-order chi connectivity index (χ1) is 31.3. The van der Waals surface area contributed by atoms with Gasteiger partial charge in [0.2, 0.25) is 0 Å². The highest BCUT2D eigenvalue weighted by atomic mass is 15.2. The van der Waals surface area contributed by atoms with Gasteiger partial charge in [-0.15, -0.1) is 0 Å². The van der Waals surface area contributed by atoms with Gasteiger partial charge in [-0.2, -0.15) is 0 Å².